The Morgan fingerprint density at radius 2 is 2.00 bits per heavy atom. The van der Waals surface area contributed by atoms with Crippen LogP contribution >= 0.6 is 11.6 Å². The van der Waals surface area contributed by atoms with E-state index in [2.05, 4.69) is 4.98 Å². The van der Waals surface area contributed by atoms with Gasteiger partial charge >= 0.3 is 0 Å². The van der Waals surface area contributed by atoms with Gasteiger partial charge in [0.2, 0.25) is 0 Å². The summed E-state index contributed by atoms with van der Waals surface area (Å²) in [5.41, 5.74) is 2.76. The smallest absolute Gasteiger partial charge is 0.140 e. The summed E-state index contributed by atoms with van der Waals surface area (Å²) in [4.78, 5) is 4.40. The normalized spacial score (nSPS) is 11.0. The van der Waals surface area contributed by atoms with Crippen molar-refractivity contribution >= 4 is 22.6 Å². The fourth-order valence-corrected chi connectivity index (χ4v) is 2.71. The van der Waals surface area contributed by atoms with Crippen LogP contribution in [0.5, 0.6) is 5.75 Å². The lowest BCUT2D eigenvalue weighted by Gasteiger charge is -2.09. The van der Waals surface area contributed by atoms with Gasteiger partial charge in [-0.15, -0.1) is 0 Å². The number of imidazole rings is 1. The molecule has 0 aliphatic rings. The average Bonchev–Trinajstić information content (AvgIpc) is 2.90. The second-order valence-electron chi connectivity index (χ2n) is 4.98. The van der Waals surface area contributed by atoms with Gasteiger partial charge < -0.3 is 14.4 Å². The summed E-state index contributed by atoms with van der Waals surface area (Å²) in [5.74, 6) is 1.26. The highest BCUT2D eigenvalue weighted by molar-refractivity contribution is 6.32. The summed E-state index contributed by atoms with van der Waals surface area (Å²) in [7, 11) is 0. The molecule has 0 bridgehead atoms. The van der Waals surface area contributed by atoms with E-state index in [1.165, 1.54) is 0 Å². The first-order valence-corrected chi connectivity index (χ1v) is 7.57. The van der Waals surface area contributed by atoms with Crippen LogP contribution in [0.3, 0.4) is 0 Å². The Kier molecular flexibility index (Phi) is 4.32. The molecule has 4 nitrogen and oxygen atoms in total. The monoisotopic (exact) mass is 316 g/mol. The molecule has 0 saturated heterocycles. The molecular weight excluding hydrogens is 300 g/mol. The predicted octanol–water partition coefficient (Wildman–Crippen LogP) is 3.78. The Labute approximate surface area is 133 Å². The third-order valence-corrected chi connectivity index (χ3v) is 3.87. The van der Waals surface area contributed by atoms with Gasteiger partial charge in [-0.05, 0) is 18.6 Å². The number of nitrogens with zero attached hydrogens (tertiary/aromatic N) is 2. The molecule has 22 heavy (non-hydrogen) atoms. The summed E-state index contributed by atoms with van der Waals surface area (Å²) in [6.45, 7) is 3.10. The van der Waals surface area contributed by atoms with E-state index in [1.807, 2.05) is 47.9 Å². The minimum atomic E-state index is -0.0969. The Bertz CT molecular complexity index is 784. The zero-order valence-corrected chi connectivity index (χ0v) is 13.0. The molecule has 1 heterocycles. The SMILES string of the molecule is CCn1c(CO)nc2cc(Cl)c(OCc3ccccc3)cc21. The van der Waals surface area contributed by atoms with E-state index in [1.54, 1.807) is 6.07 Å². The van der Waals surface area contributed by atoms with Crippen LogP contribution in [0.2, 0.25) is 5.02 Å². The second-order valence-corrected chi connectivity index (χ2v) is 5.38. The molecule has 0 fully saturated rings. The maximum atomic E-state index is 9.39. The number of fused-ring (bicyclic) bond motifs is 1. The molecule has 3 aromatic rings. The van der Waals surface area contributed by atoms with Gasteiger partial charge in [-0.1, -0.05) is 41.9 Å². The molecule has 3 rings (SSSR count). The van der Waals surface area contributed by atoms with Crippen LogP contribution in [-0.4, -0.2) is 14.7 Å². The Balaban J connectivity index is 1.94. The van der Waals surface area contributed by atoms with Crippen LogP contribution in [0.1, 0.15) is 18.3 Å². The van der Waals surface area contributed by atoms with Crippen LogP contribution in [0.4, 0.5) is 0 Å². The zero-order valence-electron chi connectivity index (χ0n) is 12.3. The van der Waals surface area contributed by atoms with Crippen molar-refractivity contribution < 1.29 is 9.84 Å². The van der Waals surface area contributed by atoms with Gasteiger partial charge in [-0.2, -0.15) is 0 Å². The first-order chi connectivity index (χ1) is 10.7. The molecule has 0 radical (unpaired) electrons. The number of benzene rings is 2. The van der Waals surface area contributed by atoms with Gasteiger partial charge in [0.25, 0.3) is 0 Å². The van der Waals surface area contributed by atoms with Crippen molar-refractivity contribution in [2.75, 3.05) is 0 Å². The van der Waals surface area contributed by atoms with Crippen LogP contribution in [-0.2, 0) is 19.8 Å². The average molecular weight is 317 g/mol. The highest BCUT2D eigenvalue weighted by atomic mass is 35.5. The van der Waals surface area contributed by atoms with Crippen molar-refractivity contribution in [1.29, 1.82) is 0 Å². The van der Waals surface area contributed by atoms with Gasteiger partial charge in [-0.3, -0.25) is 0 Å². The van der Waals surface area contributed by atoms with E-state index in [4.69, 9.17) is 16.3 Å². The van der Waals surface area contributed by atoms with E-state index < -0.39 is 0 Å². The topological polar surface area (TPSA) is 47.3 Å². The largest absolute Gasteiger partial charge is 0.487 e. The highest BCUT2D eigenvalue weighted by Crippen LogP contribution is 2.31. The summed E-state index contributed by atoms with van der Waals surface area (Å²) >= 11 is 6.28. The van der Waals surface area contributed by atoms with Crippen molar-refractivity contribution in [2.24, 2.45) is 0 Å². The number of aryl methyl sites for hydroxylation is 1. The minimum absolute atomic E-state index is 0.0969. The summed E-state index contributed by atoms with van der Waals surface area (Å²) in [6, 6.07) is 13.6. The predicted molar refractivity (Wildman–Crippen MR) is 87.1 cm³/mol. The first-order valence-electron chi connectivity index (χ1n) is 7.19. The number of hydrogen-bond acceptors (Lipinski definition) is 3. The molecule has 1 N–H and O–H groups in total. The Morgan fingerprint density at radius 1 is 1.23 bits per heavy atom. The molecule has 0 atom stereocenters. The van der Waals surface area contributed by atoms with E-state index in [-0.39, 0.29) is 6.61 Å². The molecular formula is C17H17ClN2O2. The van der Waals surface area contributed by atoms with Crippen molar-refractivity contribution in [3.63, 3.8) is 0 Å². The second kappa shape index (κ2) is 6.38. The lowest BCUT2D eigenvalue weighted by atomic mass is 10.2. The van der Waals surface area contributed by atoms with Crippen molar-refractivity contribution in [3.8, 4) is 5.75 Å². The van der Waals surface area contributed by atoms with E-state index in [0.29, 0.717) is 23.2 Å². The highest BCUT2D eigenvalue weighted by Gasteiger charge is 2.13. The maximum Gasteiger partial charge on any atom is 0.140 e. The number of aliphatic hydroxyl groups excluding tert-OH is 1. The molecule has 2 aromatic carbocycles. The molecule has 0 aliphatic carbocycles. The van der Waals surface area contributed by atoms with Crippen LogP contribution in [0.15, 0.2) is 42.5 Å². The molecule has 0 saturated carbocycles. The summed E-state index contributed by atoms with van der Waals surface area (Å²) in [5, 5.41) is 9.92. The number of rotatable bonds is 5. The fraction of sp³-hybridized carbons (Fsp3) is 0.235. The first kappa shape index (κ1) is 14.9. The quantitative estimate of drug-likeness (QED) is 0.779. The lowest BCUT2D eigenvalue weighted by molar-refractivity contribution is 0.266. The number of aliphatic hydroxyl groups is 1. The number of aromatic nitrogens is 2. The van der Waals surface area contributed by atoms with Crippen LogP contribution < -0.4 is 4.74 Å². The maximum absolute atomic E-state index is 9.39. The molecule has 5 heteroatoms. The molecule has 0 aliphatic heterocycles. The third kappa shape index (κ3) is 2.80. The van der Waals surface area contributed by atoms with Gasteiger partial charge in [0.15, 0.2) is 0 Å². The minimum Gasteiger partial charge on any atom is -0.487 e. The summed E-state index contributed by atoms with van der Waals surface area (Å²) < 4.78 is 7.80. The zero-order chi connectivity index (χ0) is 15.5. The number of hydrogen-bond donors (Lipinski definition) is 1. The van der Waals surface area contributed by atoms with Gasteiger partial charge in [-0.25, -0.2) is 4.98 Å². The molecule has 0 amide bonds. The van der Waals surface area contributed by atoms with Gasteiger partial charge in [0, 0.05) is 12.6 Å². The van der Waals surface area contributed by atoms with Crippen molar-refractivity contribution in [3.05, 3.63) is 58.9 Å². The van der Waals surface area contributed by atoms with Gasteiger partial charge in [0.05, 0.1) is 16.1 Å². The third-order valence-electron chi connectivity index (χ3n) is 3.58. The van der Waals surface area contributed by atoms with Crippen LogP contribution in [0, 0.1) is 0 Å². The number of halogens is 1. The fourth-order valence-electron chi connectivity index (χ4n) is 2.50. The number of ether oxygens (including phenoxy) is 1. The van der Waals surface area contributed by atoms with Gasteiger partial charge in [0.1, 0.15) is 24.8 Å². The van der Waals surface area contributed by atoms with Crippen LogP contribution in [0.25, 0.3) is 11.0 Å². The molecule has 114 valence electrons. The molecule has 1 aromatic heterocycles. The summed E-state index contributed by atoms with van der Waals surface area (Å²) in [6.07, 6.45) is 0. The Hall–Kier alpha value is -2.04. The molecule has 0 unspecified atom stereocenters. The van der Waals surface area contributed by atoms with Crippen molar-refractivity contribution in [2.45, 2.75) is 26.7 Å². The standard InChI is InChI=1S/C17H17ClN2O2/c1-2-20-15-9-16(22-11-12-6-4-3-5-7-12)13(18)8-14(15)19-17(20)10-21/h3-9,21H,2,10-11H2,1H3. The van der Waals surface area contributed by atoms with E-state index in [0.717, 1.165) is 23.1 Å². The van der Waals surface area contributed by atoms with Crippen molar-refractivity contribution in [1.82, 2.24) is 9.55 Å². The Morgan fingerprint density at radius 3 is 2.68 bits per heavy atom. The molecule has 0 spiro atoms. The van der Waals surface area contributed by atoms with E-state index in [9.17, 15) is 5.11 Å². The van der Waals surface area contributed by atoms with E-state index >= 15 is 0 Å². The lowest BCUT2D eigenvalue weighted by Crippen LogP contribution is -2.01.